The van der Waals surface area contributed by atoms with E-state index in [4.69, 9.17) is 16.9 Å². The molecule has 0 amide bonds. The standard InChI is InChI=1S/C20H20N4O.CH6N2.CH5NO.CH4.CH3.Br2.Mg.H/c1-12-14-9-8-13-17(15-7-5-6-10-22-15)24(4)23-19(13)20(14,2)11-16(21-3)18(12)25;1-3-2;1-2-3;;;1-2;;/h5-7,10-12,14H,8-9H2,1-2,4H3;3H,2H2,1H3;2-3H,1H3;1H4;1H3;;;/q;;;;-1;;+2;-1/t12-,14-,20-;;;;;;;/m0......./s1. The molecule has 0 spiro atoms. The topological polar surface area (TPSA) is 122 Å². The van der Waals surface area contributed by atoms with Crippen molar-refractivity contribution < 1.29 is 11.4 Å². The summed E-state index contributed by atoms with van der Waals surface area (Å²) in [5.41, 5.74) is 8.01. The number of fused-ring (bicyclic) bond motifs is 3. The number of nitrogens with zero attached hydrogens (tertiary/aromatic N) is 4. The average molecular weight is 642 g/mol. The Hall–Kier alpha value is -1.17. The van der Waals surface area contributed by atoms with E-state index in [2.05, 4.69) is 56.3 Å². The molecule has 0 unspecified atom stereocenters. The first-order valence-electron chi connectivity index (χ1n) is 10.2. The fourth-order valence-electron chi connectivity index (χ4n) is 4.64. The molecule has 5 N–H and O–H groups in total. The van der Waals surface area contributed by atoms with Crippen molar-refractivity contribution in [2.75, 3.05) is 14.1 Å². The zero-order chi connectivity index (χ0) is 25.2. The van der Waals surface area contributed by atoms with Gasteiger partial charge in [0.15, 0.2) is 5.78 Å². The van der Waals surface area contributed by atoms with E-state index in [1.54, 1.807) is 18.7 Å². The van der Waals surface area contributed by atoms with Crippen LogP contribution in [0.5, 0.6) is 0 Å². The summed E-state index contributed by atoms with van der Waals surface area (Å²) < 4.78 is 1.90. The molecule has 36 heavy (non-hydrogen) atoms. The second kappa shape index (κ2) is 19.0. The van der Waals surface area contributed by atoms with Crippen LogP contribution in [0.2, 0.25) is 0 Å². The molecule has 0 saturated carbocycles. The Morgan fingerprint density at radius 1 is 1.36 bits per heavy atom. The normalized spacial score (nSPS) is 20.6. The van der Waals surface area contributed by atoms with Gasteiger partial charge in [-0.15, -0.1) is 0 Å². The van der Waals surface area contributed by atoms with Crippen molar-refractivity contribution in [2.45, 2.75) is 39.5 Å². The number of hydrazine groups is 1. The predicted octanol–water partition coefficient (Wildman–Crippen LogP) is 4.51. The van der Waals surface area contributed by atoms with Crippen molar-refractivity contribution in [3.05, 3.63) is 66.3 Å². The maximum atomic E-state index is 12.4. The van der Waals surface area contributed by atoms with Crippen LogP contribution < -0.4 is 16.7 Å². The molecule has 2 heterocycles. The number of nitrogens with two attached hydrogens (primary N) is 1. The number of allylic oxidation sites excluding steroid dienone is 2. The molecule has 2 aromatic heterocycles. The van der Waals surface area contributed by atoms with Gasteiger partial charge in [0.25, 0.3) is 0 Å². The van der Waals surface area contributed by atoms with E-state index in [-0.39, 0.29) is 68.1 Å². The number of hydrogen-bond donors (Lipinski definition) is 4. The number of nitrogens with one attached hydrogen (secondary N) is 2. The summed E-state index contributed by atoms with van der Waals surface area (Å²) in [6.07, 6.45) is 5.46. The largest absolute Gasteiger partial charge is 2.00 e. The van der Waals surface area contributed by atoms with Crippen molar-refractivity contribution in [3.8, 4) is 11.4 Å². The molecule has 0 fully saturated rings. The fourth-order valence-corrected chi connectivity index (χ4v) is 4.64. The van der Waals surface area contributed by atoms with Crippen LogP contribution in [-0.2, 0) is 23.7 Å². The summed E-state index contributed by atoms with van der Waals surface area (Å²) in [7, 11) is 5.03. The first-order chi connectivity index (χ1) is 15.8. The Balaban J connectivity index is -0.000000409. The minimum atomic E-state index is -0.383. The number of pyridine rings is 1. The first-order valence-corrected chi connectivity index (χ1v) is 14.0. The van der Waals surface area contributed by atoms with Crippen LogP contribution in [0.15, 0.2) is 36.2 Å². The van der Waals surface area contributed by atoms with E-state index in [9.17, 15) is 4.79 Å². The van der Waals surface area contributed by atoms with Crippen LogP contribution in [0.25, 0.3) is 16.2 Å². The molecule has 0 aromatic carbocycles. The van der Waals surface area contributed by atoms with E-state index in [0.717, 1.165) is 29.9 Å². The predicted molar refractivity (Wildman–Crippen MR) is 156 cm³/mol. The van der Waals surface area contributed by atoms with Crippen LogP contribution in [0.1, 0.15) is 40.4 Å². The maximum Gasteiger partial charge on any atom is 2.00 e. The summed E-state index contributed by atoms with van der Waals surface area (Å²) in [6, 6.07) is 5.88. The third kappa shape index (κ3) is 8.42. The average Bonchev–Trinajstić information content (AvgIpc) is 3.16. The minimum Gasteiger partial charge on any atom is -1.00 e. The summed E-state index contributed by atoms with van der Waals surface area (Å²) in [5, 5.41) is 12.1. The number of ketones is 1. The van der Waals surface area contributed by atoms with Crippen LogP contribution in [-0.4, -0.2) is 62.9 Å². The quantitative estimate of drug-likeness (QED) is 0.157. The number of rotatable bonds is 1. The summed E-state index contributed by atoms with van der Waals surface area (Å²) >= 11 is 5.50. The Kier molecular flexibility index (Phi) is 20.7. The Bertz CT molecular complexity index is 1000. The van der Waals surface area contributed by atoms with E-state index in [1.807, 2.05) is 42.9 Å². The Morgan fingerprint density at radius 2 is 1.92 bits per heavy atom. The molecule has 3 atom stereocenters. The Labute approximate surface area is 248 Å². The zero-order valence-electron chi connectivity index (χ0n) is 22.1. The van der Waals surface area contributed by atoms with Crippen molar-refractivity contribution in [3.63, 3.8) is 0 Å². The molecule has 0 radical (unpaired) electrons. The number of halogens is 2. The third-order valence-electron chi connectivity index (χ3n) is 5.87. The van der Waals surface area contributed by atoms with Crippen LogP contribution in [0, 0.1) is 25.8 Å². The second-order valence-corrected chi connectivity index (χ2v) is 7.75. The van der Waals surface area contributed by atoms with Gasteiger partial charge in [0.05, 0.1) is 23.7 Å². The number of carbonyl (C=O) groups is 1. The zero-order valence-corrected chi connectivity index (χ0v) is 25.7. The van der Waals surface area contributed by atoms with E-state index in [0.29, 0.717) is 0 Å². The minimum absolute atomic E-state index is 0. The Morgan fingerprint density at radius 3 is 2.39 bits per heavy atom. The van der Waals surface area contributed by atoms with Crippen LogP contribution >= 0.6 is 28.3 Å². The van der Waals surface area contributed by atoms with E-state index >= 15 is 0 Å². The van der Waals surface area contributed by atoms with Gasteiger partial charge in [-0.25, -0.2) is 10.3 Å². The number of hydrogen-bond acceptors (Lipinski definition) is 7. The number of aromatic nitrogens is 3. The molecule has 0 bridgehead atoms. The van der Waals surface area contributed by atoms with E-state index < -0.39 is 0 Å². The molecule has 2 aliphatic carbocycles. The second-order valence-electron chi connectivity index (χ2n) is 7.75. The van der Waals surface area contributed by atoms with Crippen molar-refractivity contribution in [2.24, 2.45) is 24.7 Å². The van der Waals surface area contributed by atoms with Gasteiger partial charge >= 0.3 is 23.1 Å². The molecule has 0 saturated heterocycles. The summed E-state index contributed by atoms with van der Waals surface area (Å²) in [4.78, 5) is 20.4. The molecule has 0 aliphatic heterocycles. The maximum absolute atomic E-state index is 12.4. The van der Waals surface area contributed by atoms with Gasteiger partial charge in [-0.1, -0.05) is 33.4 Å². The van der Waals surface area contributed by atoms with Gasteiger partial charge < -0.3 is 18.9 Å². The number of aryl methyl sites for hydroxylation is 1. The van der Waals surface area contributed by atoms with Crippen LogP contribution in [0.3, 0.4) is 0 Å². The molecular formula is C24H39Br2MgN7O2. The molecule has 2 aromatic rings. The molecule has 12 heteroatoms. The molecule has 198 valence electrons. The summed E-state index contributed by atoms with van der Waals surface area (Å²) in [6.45, 7) is 11.5. The third-order valence-corrected chi connectivity index (χ3v) is 5.87. The number of hydroxylamine groups is 1. The molecule has 9 nitrogen and oxygen atoms in total. The van der Waals surface area contributed by atoms with E-state index in [1.165, 1.54) is 12.6 Å². The molecular weight excluding hydrogens is 602 g/mol. The van der Waals surface area contributed by atoms with Crippen molar-refractivity contribution in [1.82, 2.24) is 25.7 Å². The fraction of sp³-hybridized carbons (Fsp3) is 0.458. The van der Waals surface area contributed by atoms with Gasteiger partial charge in [-0.05, 0) is 37.9 Å². The first kappa shape index (κ1) is 39.3. The van der Waals surface area contributed by atoms with Crippen molar-refractivity contribution in [1.29, 1.82) is 0 Å². The van der Waals surface area contributed by atoms with Crippen LogP contribution in [0.4, 0.5) is 0 Å². The monoisotopic (exact) mass is 639 g/mol. The molecule has 4 rings (SSSR count). The van der Waals surface area contributed by atoms with Gasteiger partial charge in [-0.3, -0.25) is 20.9 Å². The summed E-state index contributed by atoms with van der Waals surface area (Å²) in [5.74, 6) is 4.61. The SMILES string of the molecule is BrBr.C.CNN.CNO.[C-]#[N+]C1=C[C@]2(C)c3nn(C)c(-c4ccccn4)c3CC[C@H]2[C@H](C)C1=O.[CH3-].[H-].[Mg+2]. The van der Waals surface area contributed by atoms with Gasteiger partial charge in [0, 0.05) is 65.4 Å². The molecule has 2 aliphatic rings. The van der Waals surface area contributed by atoms with Gasteiger partial charge in [0.2, 0.25) is 5.70 Å². The number of Topliss-reactive ketones (excluding diaryl/α,β-unsaturated/α-hetero) is 1. The number of carbonyl (C=O) groups excluding carboxylic acids is 1. The smallest absolute Gasteiger partial charge is 1.00 e. The van der Waals surface area contributed by atoms with Crippen molar-refractivity contribution >= 4 is 57.1 Å². The van der Waals surface area contributed by atoms with Gasteiger partial charge in [0.1, 0.15) is 0 Å². The van der Waals surface area contributed by atoms with Gasteiger partial charge in [-0.2, -0.15) is 5.10 Å².